The Morgan fingerprint density at radius 2 is 2.54 bits per heavy atom. The van der Waals surface area contributed by atoms with Gasteiger partial charge in [-0.15, -0.1) is 11.8 Å². The van der Waals surface area contributed by atoms with Gasteiger partial charge in [0.1, 0.15) is 5.03 Å². The molecule has 1 aromatic heterocycles. The molecule has 0 bridgehead atoms. The van der Waals surface area contributed by atoms with Crippen LogP contribution in [-0.4, -0.2) is 22.4 Å². The first-order valence-corrected chi connectivity index (χ1v) is 4.82. The highest BCUT2D eigenvalue weighted by molar-refractivity contribution is 8.02. The van der Waals surface area contributed by atoms with Crippen molar-refractivity contribution in [3.63, 3.8) is 0 Å². The number of carbonyl (C=O) groups excluding carboxylic acids is 1. The molecule has 1 aromatic rings. The second kappa shape index (κ2) is 4.58. The van der Waals surface area contributed by atoms with Crippen molar-refractivity contribution in [2.75, 3.05) is 11.6 Å². The van der Waals surface area contributed by atoms with E-state index < -0.39 is 0 Å². The number of anilines is 1. The van der Waals surface area contributed by atoms with Crippen LogP contribution >= 0.6 is 11.8 Å². The number of aromatic amines is 1. The zero-order chi connectivity index (χ0) is 9.68. The minimum atomic E-state index is 0.599. The van der Waals surface area contributed by atoms with Gasteiger partial charge in [-0.3, -0.25) is 5.10 Å². The molecule has 5 heteroatoms. The Bertz CT molecular complexity index is 372. The van der Waals surface area contributed by atoms with Gasteiger partial charge in [-0.2, -0.15) is 5.10 Å². The fourth-order valence-electron chi connectivity index (χ4n) is 0.778. The van der Waals surface area contributed by atoms with Crippen molar-refractivity contribution < 1.29 is 4.79 Å². The summed E-state index contributed by atoms with van der Waals surface area (Å²) in [5, 5.41) is 10.2. The van der Waals surface area contributed by atoms with Gasteiger partial charge in [-0.1, -0.05) is 0 Å². The van der Waals surface area contributed by atoms with Crippen LogP contribution in [0.25, 0.3) is 0 Å². The van der Waals surface area contributed by atoms with E-state index in [0.29, 0.717) is 10.8 Å². The number of rotatable bonds is 3. The van der Waals surface area contributed by atoms with Crippen molar-refractivity contribution >= 4 is 23.5 Å². The molecule has 0 fully saturated rings. The smallest absolute Gasteiger partial charge is 0.179 e. The minimum Gasteiger partial charge on any atom is -0.326 e. The van der Waals surface area contributed by atoms with Gasteiger partial charge < -0.3 is 5.32 Å². The normalized spacial score (nSPS) is 8.77. The zero-order valence-corrected chi connectivity index (χ0v) is 8.16. The quantitative estimate of drug-likeness (QED) is 0.564. The van der Waals surface area contributed by atoms with Gasteiger partial charge in [0, 0.05) is 17.5 Å². The summed E-state index contributed by atoms with van der Waals surface area (Å²) < 4.78 is 0. The maximum atomic E-state index is 10.0. The lowest BCUT2D eigenvalue weighted by molar-refractivity contribution is 0.569. The molecule has 0 amide bonds. The molecule has 0 aliphatic rings. The van der Waals surface area contributed by atoms with Crippen LogP contribution in [0.3, 0.4) is 0 Å². The summed E-state index contributed by atoms with van der Waals surface area (Å²) in [6, 6.07) is 1.84. The molecule has 0 spiro atoms. The van der Waals surface area contributed by atoms with Crippen molar-refractivity contribution in [1.82, 2.24) is 10.2 Å². The molecule has 13 heavy (non-hydrogen) atoms. The van der Waals surface area contributed by atoms with Gasteiger partial charge in [-0.05, 0) is 13.2 Å². The number of H-pyrrole nitrogens is 1. The standard InChI is InChI=1S/C8H9N3OS/c1-6-5-7(11-10-6)9-8(13-2)3-4-12/h5H,1-2H3,(H2,9,10,11). The number of nitrogens with one attached hydrogen (secondary N) is 2. The van der Waals surface area contributed by atoms with Crippen LogP contribution in [0.4, 0.5) is 5.82 Å². The molecule has 0 saturated carbocycles. The van der Waals surface area contributed by atoms with Gasteiger partial charge in [0.05, 0.1) is 0 Å². The molecule has 68 valence electrons. The Balaban J connectivity index is 2.79. The van der Waals surface area contributed by atoms with E-state index in [4.69, 9.17) is 0 Å². The molecule has 4 nitrogen and oxygen atoms in total. The molecule has 0 atom stereocenters. The van der Waals surface area contributed by atoms with Gasteiger partial charge >= 0.3 is 0 Å². The highest BCUT2D eigenvalue weighted by Crippen LogP contribution is 2.13. The van der Waals surface area contributed by atoms with E-state index in [1.807, 2.05) is 19.2 Å². The van der Waals surface area contributed by atoms with Crippen molar-refractivity contribution in [3.05, 3.63) is 22.5 Å². The fourth-order valence-corrected chi connectivity index (χ4v) is 1.13. The number of thioether (sulfide) groups is 1. The zero-order valence-electron chi connectivity index (χ0n) is 7.34. The van der Waals surface area contributed by atoms with Gasteiger partial charge in [0.25, 0.3) is 0 Å². The first-order chi connectivity index (χ1) is 6.26. The molecular formula is C8H9N3OS. The largest absolute Gasteiger partial charge is 0.326 e. The predicted molar refractivity (Wildman–Crippen MR) is 53.2 cm³/mol. The monoisotopic (exact) mass is 195 g/mol. The third-order valence-electron chi connectivity index (χ3n) is 1.32. The van der Waals surface area contributed by atoms with Crippen LogP contribution in [0.1, 0.15) is 5.69 Å². The Kier molecular flexibility index (Phi) is 3.41. The number of hydrogen-bond acceptors (Lipinski definition) is 4. The van der Waals surface area contributed by atoms with E-state index in [9.17, 15) is 4.79 Å². The van der Waals surface area contributed by atoms with E-state index in [1.165, 1.54) is 11.8 Å². The van der Waals surface area contributed by atoms with Crippen LogP contribution in [0, 0.1) is 6.92 Å². The third-order valence-corrected chi connectivity index (χ3v) is 1.93. The highest BCUT2D eigenvalue weighted by Gasteiger charge is 1.98. The van der Waals surface area contributed by atoms with E-state index >= 15 is 0 Å². The molecule has 0 saturated heterocycles. The van der Waals surface area contributed by atoms with Crippen molar-refractivity contribution in [1.29, 1.82) is 0 Å². The van der Waals surface area contributed by atoms with Crippen molar-refractivity contribution in [2.24, 2.45) is 0 Å². The van der Waals surface area contributed by atoms with Crippen molar-refractivity contribution in [3.8, 4) is 0 Å². The summed E-state index contributed by atoms with van der Waals surface area (Å²) in [6.45, 7) is 1.90. The summed E-state index contributed by atoms with van der Waals surface area (Å²) in [6.07, 6.45) is 1.84. The first-order valence-electron chi connectivity index (χ1n) is 3.59. The lowest BCUT2D eigenvalue weighted by Crippen LogP contribution is -1.94. The van der Waals surface area contributed by atoms with Gasteiger partial charge in [0.15, 0.2) is 11.8 Å². The van der Waals surface area contributed by atoms with E-state index in [-0.39, 0.29) is 0 Å². The Labute approximate surface area is 80.1 Å². The van der Waals surface area contributed by atoms with Crippen LogP contribution in [-0.2, 0) is 4.79 Å². The molecular weight excluding hydrogens is 186 g/mol. The number of nitrogens with zero attached hydrogens (tertiary/aromatic N) is 1. The average molecular weight is 195 g/mol. The molecule has 2 N–H and O–H groups in total. The van der Waals surface area contributed by atoms with Crippen LogP contribution in [0.5, 0.6) is 0 Å². The summed E-state index contributed by atoms with van der Waals surface area (Å²) in [7, 11) is 0. The Morgan fingerprint density at radius 3 is 3.00 bits per heavy atom. The number of hydrogen-bond donors (Lipinski definition) is 2. The molecule has 1 rings (SSSR count). The maximum Gasteiger partial charge on any atom is 0.179 e. The second-order valence-corrected chi connectivity index (χ2v) is 3.14. The number of aryl methyl sites for hydroxylation is 1. The molecule has 0 aliphatic heterocycles. The fraction of sp³-hybridized carbons (Fsp3) is 0.250. The average Bonchev–Trinajstić information content (AvgIpc) is 2.50. The molecule has 0 aromatic carbocycles. The van der Waals surface area contributed by atoms with Crippen molar-refractivity contribution in [2.45, 2.75) is 6.92 Å². The summed E-state index contributed by atoms with van der Waals surface area (Å²) in [5.74, 6) is 2.26. The van der Waals surface area contributed by atoms with E-state index in [2.05, 4.69) is 21.2 Å². The topological polar surface area (TPSA) is 57.8 Å². The minimum absolute atomic E-state index is 0.599. The highest BCUT2D eigenvalue weighted by atomic mass is 32.2. The third kappa shape index (κ3) is 2.84. The molecule has 1 heterocycles. The van der Waals surface area contributed by atoms with Crippen LogP contribution in [0.2, 0.25) is 0 Å². The first kappa shape index (κ1) is 9.68. The Hall–Kier alpha value is -1.41. The maximum absolute atomic E-state index is 10.0. The summed E-state index contributed by atoms with van der Waals surface area (Å²) in [5.41, 5.74) is 3.36. The van der Waals surface area contributed by atoms with Gasteiger partial charge in [0.2, 0.25) is 0 Å². The summed E-state index contributed by atoms with van der Waals surface area (Å²) >= 11 is 1.38. The Morgan fingerprint density at radius 1 is 1.77 bits per heavy atom. The van der Waals surface area contributed by atoms with E-state index in [1.54, 1.807) is 5.94 Å². The molecule has 0 aliphatic carbocycles. The van der Waals surface area contributed by atoms with Crippen LogP contribution in [0.15, 0.2) is 16.8 Å². The van der Waals surface area contributed by atoms with Gasteiger partial charge in [-0.25, -0.2) is 4.79 Å². The lowest BCUT2D eigenvalue weighted by Gasteiger charge is -1.99. The number of aromatic nitrogens is 2. The van der Waals surface area contributed by atoms with Crippen LogP contribution < -0.4 is 5.32 Å². The second-order valence-electron chi connectivity index (χ2n) is 2.32. The van der Waals surface area contributed by atoms with E-state index in [0.717, 1.165) is 5.69 Å². The molecule has 0 unspecified atom stereocenters. The SMILES string of the molecule is CSC(=C=C=O)Nc1cc(C)[nH]n1. The summed E-state index contributed by atoms with van der Waals surface area (Å²) in [4.78, 5) is 10.0. The predicted octanol–water partition coefficient (Wildman–Crippen LogP) is 1.32. The lowest BCUT2D eigenvalue weighted by atomic mass is 10.5. The molecule has 0 radical (unpaired) electrons.